The van der Waals surface area contributed by atoms with E-state index in [-0.39, 0.29) is 30.4 Å². The standard InChI is InChI=1S/C30H28ClFN4O4/c31-20-9-10-25(22(15-20)17-5-4-6-19(13-17)29(38)39)40-12-11-18-14-24(32)23(16-33)27-26(18)28(37)36-30(35-27)34-21-7-2-1-3-8-21/h1-10,13,15,18,23-24,26-27,30,34-35H,11-12,14H2,(H,36,37)(H,38,39). The molecule has 1 aliphatic carbocycles. The minimum atomic E-state index is -1.39. The summed E-state index contributed by atoms with van der Waals surface area (Å²) < 4.78 is 21.3. The summed E-state index contributed by atoms with van der Waals surface area (Å²) in [5.41, 5.74) is 2.16. The highest BCUT2D eigenvalue weighted by Crippen LogP contribution is 2.40. The lowest BCUT2D eigenvalue weighted by Gasteiger charge is -2.47. The van der Waals surface area contributed by atoms with Crippen molar-refractivity contribution in [2.24, 2.45) is 17.8 Å². The summed E-state index contributed by atoms with van der Waals surface area (Å²) in [5.74, 6) is -2.73. The number of nitrogens with one attached hydrogen (secondary N) is 3. The predicted molar refractivity (Wildman–Crippen MR) is 148 cm³/mol. The Labute approximate surface area is 236 Å². The number of nitrogens with zero attached hydrogens (tertiary/aromatic N) is 1. The molecule has 3 aromatic rings. The molecule has 1 heterocycles. The lowest BCUT2D eigenvalue weighted by atomic mass is 9.67. The van der Waals surface area contributed by atoms with Gasteiger partial charge in [-0.25, -0.2) is 9.18 Å². The highest BCUT2D eigenvalue weighted by molar-refractivity contribution is 6.31. The molecule has 0 spiro atoms. The summed E-state index contributed by atoms with van der Waals surface area (Å²) in [4.78, 5) is 24.7. The number of halogens is 2. The Morgan fingerprint density at radius 3 is 2.70 bits per heavy atom. The highest BCUT2D eigenvalue weighted by atomic mass is 35.5. The molecule has 3 aromatic carbocycles. The van der Waals surface area contributed by atoms with Gasteiger partial charge in [-0.15, -0.1) is 0 Å². The fraction of sp³-hybridized carbons (Fsp3) is 0.300. The van der Waals surface area contributed by atoms with Crippen LogP contribution in [0.1, 0.15) is 23.2 Å². The Balaban J connectivity index is 1.30. The molecule has 0 radical (unpaired) electrons. The number of benzene rings is 3. The number of rotatable bonds is 8. The van der Waals surface area contributed by atoms with Crippen LogP contribution in [0.3, 0.4) is 0 Å². The largest absolute Gasteiger partial charge is 0.493 e. The Morgan fingerprint density at radius 2 is 1.95 bits per heavy atom. The summed E-state index contributed by atoms with van der Waals surface area (Å²) in [6, 6.07) is 22.2. The summed E-state index contributed by atoms with van der Waals surface area (Å²) >= 11 is 6.23. The molecule has 0 aromatic heterocycles. The molecule has 2 fully saturated rings. The van der Waals surface area contributed by atoms with Gasteiger partial charge in [0.1, 0.15) is 11.9 Å². The molecule has 1 aliphatic heterocycles. The van der Waals surface area contributed by atoms with Gasteiger partial charge in [-0.2, -0.15) is 5.26 Å². The molecule has 10 heteroatoms. The number of ether oxygens (including phenoxy) is 1. The Kier molecular flexibility index (Phi) is 8.19. The van der Waals surface area contributed by atoms with Gasteiger partial charge in [0.15, 0.2) is 6.29 Å². The first-order chi connectivity index (χ1) is 19.3. The first kappa shape index (κ1) is 27.4. The quantitative estimate of drug-likeness (QED) is 0.302. The number of amides is 1. The average molecular weight is 563 g/mol. The fourth-order valence-corrected chi connectivity index (χ4v) is 5.78. The normalized spacial score (nSPS) is 25.7. The van der Waals surface area contributed by atoms with Crippen molar-refractivity contribution in [1.82, 2.24) is 10.6 Å². The van der Waals surface area contributed by atoms with Crippen LogP contribution in [0.5, 0.6) is 5.75 Å². The zero-order valence-corrected chi connectivity index (χ0v) is 22.1. The van der Waals surface area contributed by atoms with E-state index in [4.69, 9.17) is 16.3 Å². The third-order valence-corrected chi connectivity index (χ3v) is 7.73. The van der Waals surface area contributed by atoms with Crippen LogP contribution in [0, 0.1) is 29.1 Å². The average Bonchev–Trinajstić information content (AvgIpc) is 2.94. The molecule has 6 unspecified atom stereocenters. The number of carboxylic acid groups (broad SMARTS) is 1. The molecule has 2 aliphatic rings. The highest BCUT2D eigenvalue weighted by Gasteiger charge is 2.51. The Morgan fingerprint density at radius 1 is 1.15 bits per heavy atom. The lowest BCUT2D eigenvalue weighted by Crippen LogP contribution is -2.69. The number of aromatic carboxylic acids is 1. The number of alkyl halides is 1. The fourth-order valence-electron chi connectivity index (χ4n) is 5.61. The second-order valence-electron chi connectivity index (χ2n) is 10.0. The van der Waals surface area contributed by atoms with E-state index < -0.39 is 36.3 Å². The first-order valence-electron chi connectivity index (χ1n) is 13.0. The maximum absolute atomic E-state index is 15.2. The molecule has 6 atom stereocenters. The minimum absolute atomic E-state index is 0.0722. The molecule has 8 nitrogen and oxygen atoms in total. The number of hydrogen-bond donors (Lipinski definition) is 4. The van der Waals surface area contributed by atoms with Gasteiger partial charge in [-0.05, 0) is 66.8 Å². The molecule has 0 bridgehead atoms. The summed E-state index contributed by atoms with van der Waals surface area (Å²) in [5, 5.41) is 28.9. The van der Waals surface area contributed by atoms with Gasteiger partial charge in [0, 0.05) is 22.3 Å². The number of anilines is 1. The molecule has 40 heavy (non-hydrogen) atoms. The molecule has 1 amide bonds. The third kappa shape index (κ3) is 5.88. The van der Waals surface area contributed by atoms with Gasteiger partial charge in [0.25, 0.3) is 0 Å². The van der Waals surface area contributed by atoms with Crippen LogP contribution in [-0.4, -0.2) is 42.1 Å². The predicted octanol–water partition coefficient (Wildman–Crippen LogP) is 5.07. The van der Waals surface area contributed by atoms with E-state index in [1.54, 1.807) is 36.4 Å². The molecule has 4 N–H and O–H groups in total. The molecule has 1 saturated carbocycles. The molecular formula is C30H28ClFN4O4. The number of hydrogen-bond acceptors (Lipinski definition) is 6. The zero-order chi connectivity index (χ0) is 28.2. The molecular weight excluding hydrogens is 535 g/mol. The number of carbonyl (C=O) groups excluding carboxylic acids is 1. The van der Waals surface area contributed by atoms with E-state index in [1.807, 2.05) is 30.3 Å². The molecule has 5 rings (SSSR count). The topological polar surface area (TPSA) is 123 Å². The Hall–Kier alpha value is -4.13. The maximum atomic E-state index is 15.2. The van der Waals surface area contributed by atoms with Crippen LogP contribution in [0.15, 0.2) is 72.8 Å². The van der Waals surface area contributed by atoms with Crippen molar-refractivity contribution in [2.75, 3.05) is 11.9 Å². The van der Waals surface area contributed by atoms with Crippen molar-refractivity contribution in [3.8, 4) is 22.9 Å². The van der Waals surface area contributed by atoms with Crippen LogP contribution in [-0.2, 0) is 4.79 Å². The number of para-hydroxylation sites is 1. The Bertz CT molecular complexity index is 1430. The van der Waals surface area contributed by atoms with Crippen LogP contribution >= 0.6 is 11.6 Å². The van der Waals surface area contributed by atoms with Gasteiger partial charge >= 0.3 is 5.97 Å². The maximum Gasteiger partial charge on any atom is 0.335 e. The molecule has 1 saturated heterocycles. The van der Waals surface area contributed by atoms with Gasteiger partial charge < -0.3 is 20.5 Å². The van der Waals surface area contributed by atoms with E-state index in [0.717, 1.165) is 5.69 Å². The lowest BCUT2D eigenvalue weighted by molar-refractivity contribution is -0.135. The van der Waals surface area contributed by atoms with Crippen molar-refractivity contribution in [3.63, 3.8) is 0 Å². The van der Waals surface area contributed by atoms with Gasteiger partial charge in [-0.3, -0.25) is 10.1 Å². The number of carbonyl (C=O) groups is 2. The van der Waals surface area contributed by atoms with E-state index in [0.29, 0.717) is 28.3 Å². The molecule has 206 valence electrons. The van der Waals surface area contributed by atoms with E-state index >= 15 is 4.39 Å². The summed E-state index contributed by atoms with van der Waals surface area (Å²) in [6.07, 6.45) is -1.59. The second kappa shape index (κ2) is 11.9. The van der Waals surface area contributed by atoms with Crippen LogP contribution < -0.4 is 20.7 Å². The number of carboxylic acids is 1. The van der Waals surface area contributed by atoms with Crippen LogP contribution in [0.25, 0.3) is 11.1 Å². The van der Waals surface area contributed by atoms with Crippen molar-refractivity contribution in [3.05, 3.63) is 83.4 Å². The second-order valence-corrected chi connectivity index (χ2v) is 10.4. The van der Waals surface area contributed by atoms with Crippen molar-refractivity contribution in [1.29, 1.82) is 5.26 Å². The van der Waals surface area contributed by atoms with Gasteiger partial charge in [0.05, 0.1) is 30.1 Å². The zero-order valence-electron chi connectivity index (χ0n) is 21.4. The van der Waals surface area contributed by atoms with E-state index in [2.05, 4.69) is 22.0 Å². The first-order valence-corrected chi connectivity index (χ1v) is 13.4. The number of nitriles is 1. The van der Waals surface area contributed by atoms with Crippen molar-refractivity contribution < 1.29 is 23.8 Å². The minimum Gasteiger partial charge on any atom is -0.493 e. The van der Waals surface area contributed by atoms with E-state index in [9.17, 15) is 20.0 Å². The SMILES string of the molecule is N#CC1C(F)CC(CCOc2ccc(Cl)cc2-c2cccc(C(=O)O)c2)C2C(=O)NC(Nc3ccccc3)NC12. The number of fused-ring (bicyclic) bond motifs is 1. The summed E-state index contributed by atoms with van der Waals surface area (Å²) in [7, 11) is 0. The van der Waals surface area contributed by atoms with Crippen molar-refractivity contribution in [2.45, 2.75) is 31.3 Å². The third-order valence-electron chi connectivity index (χ3n) is 7.49. The summed E-state index contributed by atoms with van der Waals surface area (Å²) in [6.45, 7) is 0.185. The van der Waals surface area contributed by atoms with Crippen molar-refractivity contribution >= 4 is 29.2 Å². The smallest absolute Gasteiger partial charge is 0.335 e. The van der Waals surface area contributed by atoms with Crippen LogP contribution in [0.4, 0.5) is 10.1 Å². The van der Waals surface area contributed by atoms with Gasteiger partial charge in [0.2, 0.25) is 5.91 Å². The monoisotopic (exact) mass is 562 g/mol. The van der Waals surface area contributed by atoms with E-state index in [1.165, 1.54) is 6.07 Å². The van der Waals surface area contributed by atoms with Gasteiger partial charge in [-0.1, -0.05) is 41.9 Å². The van der Waals surface area contributed by atoms with Crippen LogP contribution in [0.2, 0.25) is 5.02 Å².